The molecule has 0 spiro atoms. The van der Waals surface area contributed by atoms with E-state index >= 15 is 0 Å². The minimum Gasteiger partial charge on any atom is -0.332 e. The fourth-order valence-electron chi connectivity index (χ4n) is 2.62. The number of pyridine rings is 1. The van der Waals surface area contributed by atoms with Crippen LogP contribution in [0, 0.1) is 0 Å². The van der Waals surface area contributed by atoms with Gasteiger partial charge in [-0.15, -0.1) is 0 Å². The summed E-state index contributed by atoms with van der Waals surface area (Å²) in [6.07, 6.45) is 8.26. The number of hydrogen-bond acceptors (Lipinski definition) is 5. The van der Waals surface area contributed by atoms with Gasteiger partial charge in [-0.3, -0.25) is 0 Å². The zero-order valence-electron chi connectivity index (χ0n) is 11.2. The van der Waals surface area contributed by atoms with Gasteiger partial charge in [-0.2, -0.15) is 4.98 Å². The Morgan fingerprint density at radius 1 is 1.15 bits per heavy atom. The molecule has 2 heterocycles. The van der Waals surface area contributed by atoms with Gasteiger partial charge in [-0.25, -0.2) is 4.98 Å². The molecular formula is C14H17BrN4O. The van der Waals surface area contributed by atoms with E-state index < -0.39 is 5.54 Å². The summed E-state index contributed by atoms with van der Waals surface area (Å²) >= 11 is 3.35. The maximum Gasteiger partial charge on any atom is 0.276 e. The molecule has 0 amide bonds. The van der Waals surface area contributed by atoms with Gasteiger partial charge in [0.2, 0.25) is 0 Å². The van der Waals surface area contributed by atoms with Crippen molar-refractivity contribution in [3.63, 3.8) is 0 Å². The minimum absolute atomic E-state index is 0.432. The van der Waals surface area contributed by atoms with Crippen molar-refractivity contribution >= 4 is 15.9 Å². The van der Waals surface area contributed by atoms with Gasteiger partial charge in [0.15, 0.2) is 5.82 Å². The first-order chi connectivity index (χ1) is 9.67. The highest BCUT2D eigenvalue weighted by atomic mass is 79.9. The van der Waals surface area contributed by atoms with Crippen LogP contribution in [0.15, 0.2) is 27.3 Å². The monoisotopic (exact) mass is 336 g/mol. The van der Waals surface area contributed by atoms with Gasteiger partial charge in [0.05, 0.1) is 5.54 Å². The molecule has 1 aliphatic carbocycles. The van der Waals surface area contributed by atoms with Crippen molar-refractivity contribution in [1.29, 1.82) is 0 Å². The van der Waals surface area contributed by atoms with Crippen LogP contribution < -0.4 is 5.73 Å². The van der Waals surface area contributed by atoms with Crippen LogP contribution in [0.4, 0.5) is 0 Å². The lowest BCUT2D eigenvalue weighted by Gasteiger charge is -2.23. The molecule has 2 aromatic rings. The normalized spacial score (nSPS) is 18.7. The average Bonchev–Trinajstić information content (AvgIpc) is 2.84. The van der Waals surface area contributed by atoms with Gasteiger partial charge < -0.3 is 10.3 Å². The Bertz CT molecular complexity index is 573. The Kier molecular flexibility index (Phi) is 3.85. The summed E-state index contributed by atoms with van der Waals surface area (Å²) in [6.45, 7) is 0. The third-order valence-electron chi connectivity index (χ3n) is 3.81. The number of nitrogens with two attached hydrogens (primary N) is 1. The van der Waals surface area contributed by atoms with Crippen molar-refractivity contribution in [1.82, 2.24) is 15.1 Å². The first kappa shape index (κ1) is 13.7. The van der Waals surface area contributed by atoms with E-state index in [1.54, 1.807) is 6.20 Å². The second-order valence-electron chi connectivity index (χ2n) is 5.36. The molecule has 5 nitrogen and oxygen atoms in total. The Labute approximate surface area is 126 Å². The zero-order chi connectivity index (χ0) is 14.0. The van der Waals surface area contributed by atoms with Crippen LogP contribution in [0.1, 0.15) is 44.3 Å². The molecule has 1 saturated carbocycles. The second-order valence-corrected chi connectivity index (χ2v) is 6.27. The molecule has 1 aliphatic rings. The van der Waals surface area contributed by atoms with E-state index in [1.807, 2.05) is 12.1 Å². The number of rotatable bonds is 2. The highest BCUT2D eigenvalue weighted by Gasteiger charge is 2.33. The molecule has 0 unspecified atom stereocenters. The summed E-state index contributed by atoms with van der Waals surface area (Å²) in [7, 11) is 0. The summed E-state index contributed by atoms with van der Waals surface area (Å²) in [4.78, 5) is 8.73. The molecule has 6 heteroatoms. The SMILES string of the molecule is NC1(c2noc(-c3ccc(Br)cn3)n2)CCCCCC1. The smallest absolute Gasteiger partial charge is 0.276 e. The Balaban J connectivity index is 1.87. The molecular weight excluding hydrogens is 320 g/mol. The molecule has 1 fully saturated rings. The molecule has 0 saturated heterocycles. The van der Waals surface area contributed by atoms with Crippen LogP contribution in [-0.4, -0.2) is 15.1 Å². The van der Waals surface area contributed by atoms with Crippen LogP contribution in [-0.2, 0) is 5.54 Å². The van der Waals surface area contributed by atoms with Gasteiger partial charge in [-0.05, 0) is 40.9 Å². The maximum absolute atomic E-state index is 6.48. The van der Waals surface area contributed by atoms with Crippen molar-refractivity contribution in [3.05, 3.63) is 28.6 Å². The standard InChI is InChI=1S/C14H17BrN4O/c15-10-5-6-11(17-9-10)12-18-13(19-20-12)14(16)7-3-1-2-4-8-14/h5-6,9H,1-4,7-8,16H2. The van der Waals surface area contributed by atoms with Gasteiger partial charge in [0, 0.05) is 10.7 Å². The van der Waals surface area contributed by atoms with E-state index in [-0.39, 0.29) is 0 Å². The highest BCUT2D eigenvalue weighted by Crippen LogP contribution is 2.32. The predicted octanol–water partition coefficient (Wildman–Crippen LogP) is 3.40. The molecule has 106 valence electrons. The summed E-state index contributed by atoms with van der Waals surface area (Å²) in [5.41, 5.74) is 6.70. The number of aromatic nitrogens is 3. The number of hydrogen-bond donors (Lipinski definition) is 1. The summed E-state index contributed by atoms with van der Waals surface area (Å²) < 4.78 is 6.25. The molecule has 0 radical (unpaired) electrons. The lowest BCUT2D eigenvalue weighted by Crippen LogP contribution is -2.37. The highest BCUT2D eigenvalue weighted by molar-refractivity contribution is 9.10. The molecule has 0 bridgehead atoms. The third kappa shape index (κ3) is 2.76. The fourth-order valence-corrected chi connectivity index (χ4v) is 2.85. The van der Waals surface area contributed by atoms with E-state index in [9.17, 15) is 0 Å². The van der Waals surface area contributed by atoms with E-state index in [0.717, 1.165) is 30.2 Å². The first-order valence-corrected chi connectivity index (χ1v) is 7.72. The number of nitrogens with zero attached hydrogens (tertiary/aromatic N) is 3. The Morgan fingerprint density at radius 2 is 1.90 bits per heavy atom. The van der Waals surface area contributed by atoms with Crippen LogP contribution in [0.25, 0.3) is 11.6 Å². The quantitative estimate of drug-likeness (QED) is 0.850. The summed E-state index contributed by atoms with van der Waals surface area (Å²) in [5.74, 6) is 1.04. The topological polar surface area (TPSA) is 77.8 Å². The molecule has 2 aromatic heterocycles. The van der Waals surface area contributed by atoms with Gasteiger partial charge in [0.1, 0.15) is 5.69 Å². The molecule has 0 atom stereocenters. The van der Waals surface area contributed by atoms with Gasteiger partial charge in [0.25, 0.3) is 5.89 Å². The molecule has 3 rings (SSSR count). The minimum atomic E-state index is -0.451. The number of halogens is 1. The third-order valence-corrected chi connectivity index (χ3v) is 4.28. The fraction of sp³-hybridized carbons (Fsp3) is 0.500. The zero-order valence-corrected chi connectivity index (χ0v) is 12.8. The molecule has 2 N–H and O–H groups in total. The average molecular weight is 337 g/mol. The second kappa shape index (κ2) is 5.61. The van der Waals surface area contributed by atoms with Crippen molar-refractivity contribution in [2.24, 2.45) is 5.73 Å². The first-order valence-electron chi connectivity index (χ1n) is 6.92. The van der Waals surface area contributed by atoms with Crippen molar-refractivity contribution < 1.29 is 4.52 Å². The summed E-state index contributed by atoms with van der Waals surface area (Å²) in [6, 6.07) is 3.74. The van der Waals surface area contributed by atoms with E-state index in [4.69, 9.17) is 10.3 Å². The molecule has 0 aromatic carbocycles. The van der Waals surface area contributed by atoms with Gasteiger partial charge in [-0.1, -0.05) is 30.8 Å². The van der Waals surface area contributed by atoms with Crippen LogP contribution in [0.3, 0.4) is 0 Å². The van der Waals surface area contributed by atoms with Crippen molar-refractivity contribution in [2.45, 2.75) is 44.1 Å². The van der Waals surface area contributed by atoms with Crippen LogP contribution in [0.5, 0.6) is 0 Å². The Morgan fingerprint density at radius 3 is 2.55 bits per heavy atom. The predicted molar refractivity (Wildman–Crippen MR) is 78.8 cm³/mol. The maximum atomic E-state index is 6.48. The van der Waals surface area contributed by atoms with E-state index in [2.05, 4.69) is 31.1 Å². The van der Waals surface area contributed by atoms with Crippen LogP contribution >= 0.6 is 15.9 Å². The molecule has 0 aliphatic heterocycles. The largest absolute Gasteiger partial charge is 0.332 e. The van der Waals surface area contributed by atoms with E-state index in [0.29, 0.717) is 17.4 Å². The van der Waals surface area contributed by atoms with E-state index in [1.165, 1.54) is 12.8 Å². The van der Waals surface area contributed by atoms with Crippen molar-refractivity contribution in [3.8, 4) is 11.6 Å². The summed E-state index contributed by atoms with van der Waals surface area (Å²) in [5, 5.41) is 4.09. The lowest BCUT2D eigenvalue weighted by atomic mass is 9.91. The Hall–Kier alpha value is -1.27. The lowest BCUT2D eigenvalue weighted by molar-refractivity contribution is 0.334. The van der Waals surface area contributed by atoms with Gasteiger partial charge >= 0.3 is 0 Å². The van der Waals surface area contributed by atoms with Crippen molar-refractivity contribution in [2.75, 3.05) is 0 Å². The molecule has 20 heavy (non-hydrogen) atoms. The van der Waals surface area contributed by atoms with Crippen LogP contribution in [0.2, 0.25) is 0 Å².